The van der Waals surface area contributed by atoms with E-state index in [9.17, 15) is 26.4 Å². The molecule has 0 heterocycles. The Morgan fingerprint density at radius 2 is 1.51 bits per heavy atom. The molecule has 0 radical (unpaired) electrons. The lowest BCUT2D eigenvalue weighted by molar-refractivity contribution is -0.138. The van der Waals surface area contributed by atoms with Crippen molar-refractivity contribution in [3.05, 3.63) is 83.9 Å². The topological polar surface area (TPSA) is 102 Å². The number of hydrogen-bond acceptors (Lipinski definition) is 5. The highest BCUT2D eigenvalue weighted by Crippen LogP contribution is 2.30. The third-order valence-electron chi connectivity index (χ3n) is 4.79. The molecule has 2 N–H and O–H groups in total. The fourth-order valence-electron chi connectivity index (χ4n) is 3.06. The summed E-state index contributed by atoms with van der Waals surface area (Å²) in [4.78, 5) is 10.5. The highest BCUT2D eigenvalue weighted by molar-refractivity contribution is 7.92. The van der Waals surface area contributed by atoms with Gasteiger partial charge in [-0.05, 0) is 66.6 Å². The smallest absolute Gasteiger partial charge is 0.416 e. The Balaban J connectivity index is 1.51. The Morgan fingerprint density at radius 1 is 0.886 bits per heavy atom. The van der Waals surface area contributed by atoms with Crippen LogP contribution in [0.25, 0.3) is 0 Å². The molecule has 3 aromatic rings. The minimum atomic E-state index is -4.56. The fourth-order valence-corrected chi connectivity index (χ4v) is 4.12. The Kier molecular flexibility index (Phi) is 8.23. The monoisotopic (exact) mass is 509 g/mol. The van der Waals surface area contributed by atoms with Crippen molar-refractivity contribution in [3.63, 3.8) is 0 Å². The molecule has 0 aromatic heterocycles. The molecule has 0 unspecified atom stereocenters. The number of nitrogens with one attached hydrogen (secondary N) is 1. The van der Waals surface area contributed by atoms with Gasteiger partial charge in [-0.25, -0.2) is 8.42 Å². The van der Waals surface area contributed by atoms with Gasteiger partial charge in [-0.2, -0.15) is 13.2 Å². The summed E-state index contributed by atoms with van der Waals surface area (Å²) < 4.78 is 76.4. The van der Waals surface area contributed by atoms with E-state index in [-0.39, 0.29) is 30.2 Å². The molecule has 0 amide bonds. The van der Waals surface area contributed by atoms with Gasteiger partial charge in [-0.3, -0.25) is 9.52 Å². The molecule has 35 heavy (non-hydrogen) atoms. The quantitative estimate of drug-likeness (QED) is 0.354. The van der Waals surface area contributed by atoms with Crippen molar-refractivity contribution < 1.29 is 41.0 Å². The molecule has 0 aliphatic rings. The highest BCUT2D eigenvalue weighted by Gasteiger charge is 2.30. The first-order chi connectivity index (χ1) is 16.5. The largest absolute Gasteiger partial charge is 0.490 e. The number of alkyl halides is 3. The summed E-state index contributed by atoms with van der Waals surface area (Å²) in [7, 11) is -4.07. The molecule has 7 nitrogen and oxygen atoms in total. The summed E-state index contributed by atoms with van der Waals surface area (Å²) in [5, 5.41) is 8.85. The summed E-state index contributed by atoms with van der Waals surface area (Å²) in [6, 6.07) is 16.3. The Morgan fingerprint density at radius 3 is 2.14 bits per heavy atom. The first-order valence-corrected chi connectivity index (χ1v) is 11.9. The van der Waals surface area contributed by atoms with E-state index >= 15 is 0 Å². The van der Waals surface area contributed by atoms with Gasteiger partial charge in [0.05, 0.1) is 10.5 Å². The van der Waals surface area contributed by atoms with Crippen molar-refractivity contribution in [2.75, 3.05) is 17.9 Å². The van der Waals surface area contributed by atoms with Crippen LogP contribution < -0.4 is 14.2 Å². The maximum Gasteiger partial charge on any atom is 0.416 e. The molecule has 0 aliphatic heterocycles. The van der Waals surface area contributed by atoms with E-state index in [0.717, 1.165) is 17.7 Å². The number of benzene rings is 3. The van der Waals surface area contributed by atoms with Crippen LogP contribution in [0.5, 0.6) is 11.5 Å². The summed E-state index contributed by atoms with van der Waals surface area (Å²) >= 11 is 0. The van der Waals surface area contributed by atoms with Crippen molar-refractivity contribution >= 4 is 21.7 Å². The number of anilines is 1. The highest BCUT2D eigenvalue weighted by atomic mass is 32.2. The number of carboxylic acid groups (broad SMARTS) is 1. The van der Waals surface area contributed by atoms with Crippen LogP contribution in [0, 0.1) is 0 Å². The third-order valence-corrected chi connectivity index (χ3v) is 6.19. The first-order valence-electron chi connectivity index (χ1n) is 10.4. The lowest BCUT2D eigenvalue weighted by Gasteiger charge is -2.12. The molecule has 0 spiro atoms. The Bertz CT molecular complexity index is 1240. The van der Waals surface area contributed by atoms with E-state index in [0.29, 0.717) is 30.1 Å². The second kappa shape index (κ2) is 11.1. The molecule has 0 saturated carbocycles. The molecule has 186 valence electrons. The van der Waals surface area contributed by atoms with E-state index in [1.54, 1.807) is 24.3 Å². The number of aliphatic carboxylic acids is 1. The second-order valence-electron chi connectivity index (χ2n) is 7.35. The minimum absolute atomic E-state index is 0.00809. The lowest BCUT2D eigenvalue weighted by atomic mass is 10.1. The number of carboxylic acids is 1. The molecular weight excluding hydrogens is 487 g/mol. The second-order valence-corrected chi connectivity index (χ2v) is 9.03. The zero-order valence-electron chi connectivity index (χ0n) is 18.3. The lowest BCUT2D eigenvalue weighted by Crippen LogP contribution is -2.14. The molecule has 3 rings (SSSR count). The summed E-state index contributed by atoms with van der Waals surface area (Å²) in [5.74, 6) is 0.129. The van der Waals surface area contributed by atoms with E-state index < -0.39 is 27.7 Å². The van der Waals surface area contributed by atoms with Crippen molar-refractivity contribution in [2.45, 2.75) is 23.9 Å². The molecular formula is C24H22F3NO6S. The Hall–Kier alpha value is -3.73. The van der Waals surface area contributed by atoms with Crippen LogP contribution in [0.2, 0.25) is 0 Å². The average molecular weight is 510 g/mol. The van der Waals surface area contributed by atoms with Crippen LogP contribution in [-0.4, -0.2) is 32.7 Å². The Labute approximate surface area is 200 Å². The van der Waals surface area contributed by atoms with Gasteiger partial charge < -0.3 is 14.6 Å². The number of halogens is 3. The minimum Gasteiger partial charge on any atom is -0.490 e. The van der Waals surface area contributed by atoms with Crippen molar-refractivity contribution in [1.82, 2.24) is 0 Å². The van der Waals surface area contributed by atoms with Crippen LogP contribution >= 0.6 is 0 Å². The number of aryl methyl sites for hydroxylation is 1. The van der Waals surface area contributed by atoms with E-state index in [1.165, 1.54) is 24.3 Å². The average Bonchev–Trinajstić information content (AvgIpc) is 2.81. The standard InChI is InChI=1S/C24H22F3NO6S/c25-24(26,27)18-6-12-21(13-7-18)35(31,32)28-19-8-10-20(11-9-19)33-15-16-34-22-4-2-1-3-17(22)5-14-23(29)30/h1-4,6-13,28H,5,14-16H2,(H,29,30). The SMILES string of the molecule is O=C(O)CCc1ccccc1OCCOc1ccc(NS(=O)(=O)c2ccc(C(F)(F)F)cc2)cc1. The molecule has 0 bridgehead atoms. The van der Waals surface area contributed by atoms with Gasteiger partial charge in [0, 0.05) is 12.1 Å². The van der Waals surface area contributed by atoms with Gasteiger partial charge in [0.25, 0.3) is 10.0 Å². The molecule has 0 saturated heterocycles. The summed E-state index contributed by atoms with van der Waals surface area (Å²) in [5.41, 5.74) is 0.0473. The molecule has 0 fully saturated rings. The van der Waals surface area contributed by atoms with Crippen LogP contribution in [0.1, 0.15) is 17.5 Å². The van der Waals surface area contributed by atoms with Gasteiger partial charge in [0.2, 0.25) is 0 Å². The van der Waals surface area contributed by atoms with Crippen LogP contribution in [-0.2, 0) is 27.4 Å². The van der Waals surface area contributed by atoms with Gasteiger partial charge in [-0.15, -0.1) is 0 Å². The van der Waals surface area contributed by atoms with E-state index in [1.807, 2.05) is 0 Å². The van der Waals surface area contributed by atoms with Crippen molar-refractivity contribution in [2.24, 2.45) is 0 Å². The molecule has 0 atom stereocenters. The number of hydrogen-bond donors (Lipinski definition) is 2. The summed E-state index contributed by atoms with van der Waals surface area (Å²) in [6.45, 7) is 0.385. The molecule has 11 heteroatoms. The predicted molar refractivity (Wildman–Crippen MR) is 122 cm³/mol. The van der Waals surface area contributed by atoms with E-state index in [2.05, 4.69) is 4.72 Å². The zero-order chi connectivity index (χ0) is 25.5. The number of ether oxygens (including phenoxy) is 2. The van der Waals surface area contributed by atoms with Crippen LogP contribution in [0.3, 0.4) is 0 Å². The van der Waals surface area contributed by atoms with Crippen LogP contribution in [0.4, 0.5) is 18.9 Å². The molecule has 3 aromatic carbocycles. The number of rotatable bonds is 11. The van der Waals surface area contributed by atoms with Gasteiger partial charge in [-0.1, -0.05) is 18.2 Å². The van der Waals surface area contributed by atoms with Gasteiger partial charge >= 0.3 is 12.1 Å². The van der Waals surface area contributed by atoms with Crippen LogP contribution in [0.15, 0.2) is 77.7 Å². The number of para-hydroxylation sites is 1. The normalized spacial score (nSPS) is 11.6. The number of carbonyl (C=O) groups is 1. The van der Waals surface area contributed by atoms with Gasteiger partial charge in [0.15, 0.2) is 0 Å². The van der Waals surface area contributed by atoms with Crippen molar-refractivity contribution in [3.8, 4) is 11.5 Å². The maximum absolute atomic E-state index is 12.7. The van der Waals surface area contributed by atoms with Gasteiger partial charge in [0.1, 0.15) is 24.7 Å². The maximum atomic E-state index is 12.7. The third kappa shape index (κ3) is 7.64. The summed E-state index contributed by atoms with van der Waals surface area (Å²) in [6.07, 6.45) is -4.22. The fraction of sp³-hybridized carbons (Fsp3) is 0.208. The predicted octanol–water partition coefficient (Wildman–Crippen LogP) is 4.98. The zero-order valence-corrected chi connectivity index (χ0v) is 19.1. The first kappa shape index (κ1) is 25.9. The van der Waals surface area contributed by atoms with Crippen molar-refractivity contribution in [1.29, 1.82) is 0 Å². The molecule has 0 aliphatic carbocycles. The number of sulfonamides is 1. The van der Waals surface area contributed by atoms with E-state index in [4.69, 9.17) is 14.6 Å².